The third-order valence-electron chi connectivity index (χ3n) is 8.02. The number of nitrogens with one attached hydrogen (secondary N) is 2. The zero-order valence-corrected chi connectivity index (χ0v) is 28.5. The van der Waals surface area contributed by atoms with Crippen molar-refractivity contribution < 1.29 is 23.1 Å². The highest BCUT2D eigenvalue weighted by atomic mass is 32.1. The first-order chi connectivity index (χ1) is 24.7. The molecular formula is C35H32F2N8O5S. The van der Waals surface area contributed by atoms with Gasteiger partial charge in [0.15, 0.2) is 5.82 Å². The number of anilines is 1. The van der Waals surface area contributed by atoms with Gasteiger partial charge in [0.2, 0.25) is 5.88 Å². The third kappa shape index (κ3) is 7.52. The fourth-order valence-electron chi connectivity index (χ4n) is 5.53. The van der Waals surface area contributed by atoms with Crippen molar-refractivity contribution in [2.24, 2.45) is 0 Å². The number of aromatic nitrogens is 5. The Labute approximate surface area is 293 Å². The largest absolute Gasteiger partial charge is 0.480 e. The number of likely N-dealkylation sites (N-methyl/N-ethyl adjacent to an activating group) is 1. The maximum absolute atomic E-state index is 15.1. The van der Waals surface area contributed by atoms with Crippen LogP contribution in [0.4, 0.5) is 19.3 Å². The van der Waals surface area contributed by atoms with Gasteiger partial charge in [-0.05, 0) is 60.6 Å². The number of thiophene rings is 1. The second-order valence-electron chi connectivity index (χ2n) is 11.4. The zero-order valence-electron chi connectivity index (χ0n) is 27.7. The van der Waals surface area contributed by atoms with E-state index in [1.807, 2.05) is 30.1 Å². The molecule has 0 aliphatic carbocycles. The van der Waals surface area contributed by atoms with Crippen molar-refractivity contribution >= 4 is 33.3 Å². The summed E-state index contributed by atoms with van der Waals surface area (Å²) >= 11 is 1.15. The molecule has 13 nitrogen and oxygen atoms in total. The highest BCUT2D eigenvalue weighted by Crippen LogP contribution is 2.38. The van der Waals surface area contributed by atoms with Gasteiger partial charge in [-0.2, -0.15) is 0 Å². The average Bonchev–Trinajstić information content (AvgIpc) is 3.50. The first kappa shape index (κ1) is 35.0. The third-order valence-corrected chi connectivity index (χ3v) is 9.32. The van der Waals surface area contributed by atoms with E-state index in [0.29, 0.717) is 34.7 Å². The lowest BCUT2D eigenvalue weighted by molar-refractivity contribution is 0.114. The predicted octanol–water partition coefficient (Wildman–Crippen LogP) is 4.76. The summed E-state index contributed by atoms with van der Waals surface area (Å²) in [6, 6.07) is 18.3. The molecule has 0 unspecified atom stereocenters. The van der Waals surface area contributed by atoms with E-state index < -0.39 is 35.5 Å². The summed E-state index contributed by atoms with van der Waals surface area (Å²) in [6.07, 6.45) is 2.35. The van der Waals surface area contributed by atoms with E-state index in [4.69, 9.17) is 4.74 Å². The summed E-state index contributed by atoms with van der Waals surface area (Å²) in [7, 11) is 4.61. The van der Waals surface area contributed by atoms with Gasteiger partial charge >= 0.3 is 11.7 Å². The van der Waals surface area contributed by atoms with Gasteiger partial charge in [0.25, 0.3) is 5.56 Å². The lowest BCUT2D eigenvalue weighted by Crippen LogP contribution is -2.40. The second-order valence-corrected chi connectivity index (χ2v) is 12.4. The second kappa shape index (κ2) is 15.4. The number of hydrogen-bond acceptors (Lipinski definition) is 10. The predicted molar refractivity (Wildman–Crippen MR) is 188 cm³/mol. The van der Waals surface area contributed by atoms with E-state index in [0.717, 1.165) is 33.7 Å². The van der Waals surface area contributed by atoms with E-state index in [9.17, 15) is 14.4 Å². The van der Waals surface area contributed by atoms with Gasteiger partial charge in [-0.1, -0.05) is 24.3 Å². The van der Waals surface area contributed by atoms with Crippen LogP contribution < -0.4 is 26.8 Å². The van der Waals surface area contributed by atoms with E-state index in [-0.39, 0.29) is 34.0 Å². The molecule has 16 heteroatoms. The Balaban J connectivity index is 1.56. The summed E-state index contributed by atoms with van der Waals surface area (Å²) < 4.78 is 37.3. The Kier molecular flexibility index (Phi) is 10.5. The molecule has 2 N–H and O–H groups in total. The van der Waals surface area contributed by atoms with Crippen molar-refractivity contribution in [1.82, 2.24) is 34.7 Å². The van der Waals surface area contributed by atoms with Crippen molar-refractivity contribution in [2.75, 3.05) is 33.1 Å². The lowest BCUT2D eigenvalue weighted by atomic mass is 10.1. The Morgan fingerprint density at radius 3 is 2.35 bits per heavy atom. The van der Waals surface area contributed by atoms with Gasteiger partial charge < -0.3 is 15.0 Å². The van der Waals surface area contributed by atoms with Crippen molar-refractivity contribution in [1.29, 1.82) is 0 Å². The molecule has 262 valence electrons. The number of carbonyl (C=O) groups excluding carboxylic acids is 1. The molecule has 0 atom stereocenters. The van der Waals surface area contributed by atoms with Crippen LogP contribution in [-0.2, 0) is 24.3 Å². The summed E-state index contributed by atoms with van der Waals surface area (Å²) in [5, 5.41) is 10.8. The van der Waals surface area contributed by atoms with Gasteiger partial charge in [-0.25, -0.2) is 28.4 Å². The minimum absolute atomic E-state index is 0.0950. The van der Waals surface area contributed by atoms with Crippen molar-refractivity contribution in [3.05, 3.63) is 128 Å². The highest BCUT2D eigenvalue weighted by Gasteiger charge is 2.26. The molecule has 4 heterocycles. The Hall–Kier alpha value is -5.84. The number of pyridine rings is 1. The maximum atomic E-state index is 15.1. The lowest BCUT2D eigenvalue weighted by Gasteiger charge is -2.18. The van der Waals surface area contributed by atoms with Crippen LogP contribution in [0.3, 0.4) is 0 Å². The number of fused-ring (bicyclic) bond motifs is 1. The fourth-order valence-corrected chi connectivity index (χ4v) is 6.83. The fraction of sp³-hybridized carbons (Fsp3) is 0.200. The van der Waals surface area contributed by atoms with Crippen LogP contribution in [-0.4, -0.2) is 63.1 Å². The molecule has 0 bridgehead atoms. The molecular weight excluding hydrogens is 682 g/mol. The van der Waals surface area contributed by atoms with E-state index in [2.05, 4.69) is 30.8 Å². The number of methoxy groups -OCH3 is 1. The van der Waals surface area contributed by atoms with Gasteiger partial charge in [-0.15, -0.1) is 21.5 Å². The van der Waals surface area contributed by atoms with Crippen LogP contribution in [0.5, 0.6) is 5.88 Å². The van der Waals surface area contributed by atoms with Crippen molar-refractivity contribution in [2.45, 2.75) is 19.5 Å². The standard InChI is InChI=1S/C35H32F2N8O5S/c1-43(18-16-22-7-4-5-17-38-22)19-25-30-32(46)45(28-14-15-29(49-2)41-40-28)35(48)44(20-24-26(36)8-6-9-27(24)37)33(30)51-31(25)21-10-12-23(13-11-21)39-34(47)42-50-3/h4-15,17H,16,18-20H2,1-3H3,(H2,39,42,47). The number of rotatable bonds is 12. The summed E-state index contributed by atoms with van der Waals surface area (Å²) in [6.45, 7) is 0.321. The van der Waals surface area contributed by atoms with E-state index in [1.165, 1.54) is 37.0 Å². The van der Waals surface area contributed by atoms with Crippen LogP contribution >= 0.6 is 11.3 Å². The number of nitrogens with zero attached hydrogens (tertiary/aromatic N) is 6. The Morgan fingerprint density at radius 1 is 0.941 bits per heavy atom. The van der Waals surface area contributed by atoms with Crippen LogP contribution in [0.15, 0.2) is 88.6 Å². The number of halogens is 2. The number of hydrogen-bond donors (Lipinski definition) is 2. The number of benzene rings is 2. The summed E-state index contributed by atoms with van der Waals surface area (Å²) in [5.41, 5.74) is 2.92. The van der Waals surface area contributed by atoms with Crippen LogP contribution in [0.1, 0.15) is 16.8 Å². The molecule has 4 aromatic heterocycles. The molecule has 2 aromatic carbocycles. The molecule has 0 aliphatic heterocycles. The van der Waals surface area contributed by atoms with Crippen molar-refractivity contribution in [3.63, 3.8) is 0 Å². The molecule has 0 spiro atoms. The van der Waals surface area contributed by atoms with Crippen LogP contribution in [0, 0.1) is 11.6 Å². The molecule has 0 saturated carbocycles. The first-order valence-corrected chi connectivity index (χ1v) is 16.4. The summed E-state index contributed by atoms with van der Waals surface area (Å²) in [5.74, 6) is -1.62. The van der Waals surface area contributed by atoms with Crippen LogP contribution in [0.2, 0.25) is 0 Å². The number of urea groups is 1. The number of amides is 2. The molecule has 51 heavy (non-hydrogen) atoms. The van der Waals surface area contributed by atoms with Crippen molar-refractivity contribution in [3.8, 4) is 22.1 Å². The minimum Gasteiger partial charge on any atom is -0.480 e. The average molecular weight is 715 g/mol. The van der Waals surface area contributed by atoms with Gasteiger partial charge in [0, 0.05) is 53.6 Å². The van der Waals surface area contributed by atoms with Gasteiger partial charge in [0.1, 0.15) is 16.5 Å². The SMILES string of the molecule is CONC(=O)Nc1ccc(-c2sc3c(c2CN(C)CCc2ccccn2)c(=O)n(-c2ccc(OC)nn2)c(=O)n3Cc2c(F)cccc2F)cc1. The quantitative estimate of drug-likeness (QED) is 0.172. The zero-order chi connectivity index (χ0) is 36.1. The normalized spacial score (nSPS) is 11.3. The Bertz CT molecular complexity index is 2280. The smallest absolute Gasteiger partial charge is 0.343 e. The minimum atomic E-state index is -0.860. The first-order valence-electron chi connectivity index (χ1n) is 15.6. The molecule has 0 aliphatic rings. The molecule has 0 saturated heterocycles. The van der Waals surface area contributed by atoms with E-state index >= 15 is 8.78 Å². The number of carbonyl (C=O) groups is 1. The monoisotopic (exact) mass is 714 g/mol. The molecule has 0 fully saturated rings. The summed E-state index contributed by atoms with van der Waals surface area (Å²) in [4.78, 5) is 52.7. The Morgan fingerprint density at radius 2 is 1.71 bits per heavy atom. The number of hydroxylamine groups is 1. The maximum Gasteiger partial charge on any atom is 0.343 e. The molecule has 0 radical (unpaired) electrons. The van der Waals surface area contributed by atoms with Gasteiger partial charge in [-0.3, -0.25) is 19.2 Å². The van der Waals surface area contributed by atoms with Gasteiger partial charge in [0.05, 0.1) is 26.2 Å². The van der Waals surface area contributed by atoms with Crippen LogP contribution in [0.25, 0.3) is 26.5 Å². The molecule has 2 amide bonds. The topological polar surface area (TPSA) is 146 Å². The molecule has 6 rings (SSSR count). The number of ether oxygens (including phenoxy) is 1. The van der Waals surface area contributed by atoms with E-state index in [1.54, 1.807) is 30.5 Å². The highest BCUT2D eigenvalue weighted by molar-refractivity contribution is 7.22. The molecule has 6 aromatic rings.